The van der Waals surface area contributed by atoms with Crippen LogP contribution in [-0.2, 0) is 11.3 Å². The molecule has 7 nitrogen and oxygen atoms in total. The van der Waals surface area contributed by atoms with Crippen molar-refractivity contribution in [2.24, 2.45) is 10.7 Å². The Morgan fingerprint density at radius 2 is 2.28 bits per heavy atom. The Balaban J connectivity index is 3.03. The van der Waals surface area contributed by atoms with Gasteiger partial charge in [-0.3, -0.25) is 9.69 Å². The van der Waals surface area contributed by atoms with Gasteiger partial charge in [0.2, 0.25) is 5.88 Å². The van der Waals surface area contributed by atoms with Crippen LogP contribution in [0.3, 0.4) is 0 Å². The molecule has 1 rings (SSSR count). The molecule has 0 aliphatic carbocycles. The lowest BCUT2D eigenvalue weighted by atomic mass is 9.99. The number of Topliss-reactive ketones (excluding diaryl/α,β-unsaturated/α-hetero) is 1. The number of carbonyl (C=O) groups excluding carboxylic acids is 1. The van der Waals surface area contributed by atoms with E-state index in [1.165, 1.54) is 19.2 Å². The number of hydrogen-bond acceptors (Lipinski definition) is 6. The number of aromatic nitrogens is 1. The van der Waals surface area contributed by atoms with Gasteiger partial charge in [-0.1, -0.05) is 12.7 Å². The molecule has 0 aromatic carbocycles. The first-order chi connectivity index (χ1) is 13.8. The van der Waals surface area contributed by atoms with E-state index in [0.29, 0.717) is 23.6 Å². The van der Waals surface area contributed by atoms with Gasteiger partial charge in [0, 0.05) is 36.6 Å². The first-order valence-electron chi connectivity index (χ1n) is 9.14. The quantitative estimate of drug-likeness (QED) is 0.239. The number of ketones is 1. The van der Waals surface area contributed by atoms with Crippen molar-refractivity contribution in [3.05, 3.63) is 59.5 Å². The standard InChI is InChI=1S/C21H29FN4O3/c1-5-18(6-8-24-14-23)19(20(28)16(3)27)13-26(4)12-17-10-15(2)21(25-11-17)29-9-7-22/h5-6,8,10-11,14,16,27H,1,7,9,12-13H2,2-4H3,(H2,23,24)/b8-6-,19-18-. The topological polar surface area (TPSA) is 101 Å². The van der Waals surface area contributed by atoms with Crippen LogP contribution in [-0.4, -0.2) is 60.1 Å². The average molecular weight is 404 g/mol. The van der Waals surface area contributed by atoms with Crippen LogP contribution in [0, 0.1) is 6.92 Å². The number of aliphatic hydroxyl groups excluding tert-OH is 1. The SMILES string of the molecule is C=CC(/C=C\N=C\N)=C(\CN(C)Cc1cnc(OCCF)c(C)c1)C(=O)C(C)O. The van der Waals surface area contributed by atoms with E-state index in [9.17, 15) is 14.3 Å². The second-order valence-electron chi connectivity index (χ2n) is 6.47. The highest BCUT2D eigenvalue weighted by atomic mass is 19.1. The molecule has 0 radical (unpaired) electrons. The molecule has 1 aromatic heterocycles. The predicted octanol–water partition coefficient (Wildman–Crippen LogP) is 2.10. The van der Waals surface area contributed by atoms with E-state index in [1.807, 2.05) is 24.9 Å². The molecule has 158 valence electrons. The fraction of sp³-hybridized carbons (Fsp3) is 0.381. The Labute approximate surface area is 171 Å². The minimum Gasteiger partial charge on any atom is -0.475 e. The van der Waals surface area contributed by atoms with E-state index >= 15 is 0 Å². The number of carbonyl (C=O) groups is 1. The molecule has 0 aliphatic rings. The number of nitrogens with zero attached hydrogens (tertiary/aromatic N) is 3. The summed E-state index contributed by atoms with van der Waals surface area (Å²) in [6, 6.07) is 1.90. The van der Waals surface area contributed by atoms with Gasteiger partial charge >= 0.3 is 0 Å². The van der Waals surface area contributed by atoms with Gasteiger partial charge in [0.15, 0.2) is 5.78 Å². The number of aliphatic imine (C=N–C) groups is 1. The molecule has 1 heterocycles. The molecule has 1 atom stereocenters. The monoisotopic (exact) mass is 404 g/mol. The number of alkyl halides is 1. The number of halogens is 1. The molecule has 29 heavy (non-hydrogen) atoms. The van der Waals surface area contributed by atoms with Crippen molar-refractivity contribution in [1.29, 1.82) is 0 Å². The fourth-order valence-electron chi connectivity index (χ4n) is 2.66. The van der Waals surface area contributed by atoms with E-state index in [-0.39, 0.29) is 13.2 Å². The smallest absolute Gasteiger partial charge is 0.216 e. The summed E-state index contributed by atoms with van der Waals surface area (Å²) in [6.07, 6.45) is 6.25. The van der Waals surface area contributed by atoms with E-state index in [4.69, 9.17) is 10.5 Å². The van der Waals surface area contributed by atoms with Gasteiger partial charge in [-0.2, -0.15) is 0 Å². The molecule has 0 saturated heterocycles. The molecule has 0 fully saturated rings. The minimum atomic E-state index is -1.14. The van der Waals surface area contributed by atoms with Crippen LogP contribution >= 0.6 is 0 Å². The highest BCUT2D eigenvalue weighted by molar-refractivity contribution is 6.00. The predicted molar refractivity (Wildman–Crippen MR) is 113 cm³/mol. The van der Waals surface area contributed by atoms with E-state index < -0.39 is 18.6 Å². The highest BCUT2D eigenvalue weighted by Gasteiger charge is 2.19. The van der Waals surface area contributed by atoms with Gasteiger partial charge in [-0.25, -0.2) is 14.4 Å². The number of aliphatic hydroxyl groups is 1. The Kier molecular flexibility index (Phi) is 10.5. The first-order valence-corrected chi connectivity index (χ1v) is 9.14. The molecule has 0 bridgehead atoms. The van der Waals surface area contributed by atoms with Crippen LogP contribution in [0.2, 0.25) is 0 Å². The second-order valence-corrected chi connectivity index (χ2v) is 6.47. The summed E-state index contributed by atoms with van der Waals surface area (Å²) in [4.78, 5) is 22.5. The van der Waals surface area contributed by atoms with Crippen LogP contribution in [0.4, 0.5) is 4.39 Å². The maximum Gasteiger partial charge on any atom is 0.216 e. The number of hydrogen-bond donors (Lipinski definition) is 2. The van der Waals surface area contributed by atoms with Gasteiger partial charge in [-0.15, -0.1) is 0 Å². The van der Waals surface area contributed by atoms with Crippen molar-refractivity contribution >= 4 is 12.1 Å². The van der Waals surface area contributed by atoms with E-state index in [0.717, 1.165) is 17.5 Å². The van der Waals surface area contributed by atoms with Gasteiger partial charge in [0.05, 0.1) is 6.34 Å². The molecule has 1 aromatic rings. The van der Waals surface area contributed by atoms with Gasteiger partial charge in [-0.05, 0) is 44.2 Å². The molecule has 0 aliphatic heterocycles. The van der Waals surface area contributed by atoms with E-state index in [2.05, 4.69) is 16.6 Å². The van der Waals surface area contributed by atoms with Crippen molar-refractivity contribution < 1.29 is 19.0 Å². The van der Waals surface area contributed by atoms with Gasteiger partial charge < -0.3 is 15.6 Å². The van der Waals surface area contributed by atoms with E-state index in [1.54, 1.807) is 12.3 Å². The molecular formula is C21H29FN4O3. The summed E-state index contributed by atoms with van der Waals surface area (Å²) in [5.74, 6) is 0.0101. The van der Waals surface area contributed by atoms with Crippen molar-refractivity contribution in [3.8, 4) is 5.88 Å². The maximum absolute atomic E-state index is 12.5. The largest absolute Gasteiger partial charge is 0.475 e. The molecule has 8 heteroatoms. The zero-order chi connectivity index (χ0) is 21.8. The Bertz CT molecular complexity index is 788. The highest BCUT2D eigenvalue weighted by Crippen LogP contribution is 2.18. The fourth-order valence-corrected chi connectivity index (χ4v) is 2.66. The summed E-state index contributed by atoms with van der Waals surface area (Å²) in [7, 11) is 1.85. The van der Waals surface area contributed by atoms with Crippen LogP contribution in [0.5, 0.6) is 5.88 Å². The normalized spacial score (nSPS) is 13.7. The third kappa shape index (κ3) is 7.97. The third-order valence-electron chi connectivity index (χ3n) is 3.95. The Hall–Kier alpha value is -2.84. The molecule has 0 amide bonds. The zero-order valence-corrected chi connectivity index (χ0v) is 17.1. The number of nitrogens with two attached hydrogens (primary N) is 1. The average Bonchev–Trinajstić information content (AvgIpc) is 2.68. The minimum absolute atomic E-state index is 0.0330. The lowest BCUT2D eigenvalue weighted by molar-refractivity contribution is -0.122. The number of ether oxygens (including phenoxy) is 1. The summed E-state index contributed by atoms with van der Waals surface area (Å²) < 4.78 is 17.5. The van der Waals surface area contributed by atoms with Crippen molar-refractivity contribution in [2.45, 2.75) is 26.5 Å². The maximum atomic E-state index is 12.5. The molecule has 0 spiro atoms. The van der Waals surface area contributed by atoms with Crippen LogP contribution in [0.1, 0.15) is 18.1 Å². The van der Waals surface area contributed by atoms with Crippen molar-refractivity contribution in [1.82, 2.24) is 9.88 Å². The lowest BCUT2D eigenvalue weighted by Gasteiger charge is -2.21. The van der Waals surface area contributed by atoms with Crippen LogP contribution in [0.15, 0.2) is 53.3 Å². The summed E-state index contributed by atoms with van der Waals surface area (Å²) >= 11 is 0. The molecule has 0 saturated carbocycles. The Morgan fingerprint density at radius 3 is 2.83 bits per heavy atom. The third-order valence-corrected chi connectivity index (χ3v) is 3.95. The number of pyridine rings is 1. The zero-order valence-electron chi connectivity index (χ0n) is 17.1. The number of rotatable bonds is 12. The van der Waals surface area contributed by atoms with Crippen LogP contribution in [0.25, 0.3) is 0 Å². The molecule has 1 unspecified atom stereocenters. The van der Waals surface area contributed by atoms with Crippen LogP contribution < -0.4 is 10.5 Å². The molecular weight excluding hydrogens is 375 g/mol. The lowest BCUT2D eigenvalue weighted by Crippen LogP contribution is -2.29. The van der Waals surface area contributed by atoms with Gasteiger partial charge in [0.25, 0.3) is 0 Å². The summed E-state index contributed by atoms with van der Waals surface area (Å²) in [5, 5.41) is 9.79. The summed E-state index contributed by atoms with van der Waals surface area (Å²) in [6.45, 7) is 7.18. The van der Waals surface area contributed by atoms with Gasteiger partial charge in [0.1, 0.15) is 19.4 Å². The number of likely N-dealkylation sites (N-methyl/N-ethyl adjacent to an activating group) is 1. The van der Waals surface area contributed by atoms with Crippen molar-refractivity contribution in [2.75, 3.05) is 26.9 Å². The second kappa shape index (κ2) is 12.6. The summed E-state index contributed by atoms with van der Waals surface area (Å²) in [5.41, 5.74) is 7.90. The number of allylic oxidation sites excluding steroid dienone is 3. The first kappa shape index (κ1) is 24.2. The number of aryl methyl sites for hydroxylation is 1. The molecule has 3 N–H and O–H groups in total. The Morgan fingerprint density at radius 1 is 1.55 bits per heavy atom. The van der Waals surface area contributed by atoms with Crippen molar-refractivity contribution in [3.63, 3.8) is 0 Å².